The highest BCUT2D eigenvalue weighted by atomic mass is 19.1. The maximum absolute atomic E-state index is 13.2. The predicted molar refractivity (Wildman–Crippen MR) is 70.5 cm³/mol. The van der Waals surface area contributed by atoms with Gasteiger partial charge in [-0.25, -0.2) is 9.18 Å². The molecular weight excluding hydrogens is 279 g/mol. The molecule has 0 aliphatic carbocycles. The monoisotopic (exact) mass is 294 g/mol. The van der Waals surface area contributed by atoms with Gasteiger partial charge in [0.25, 0.3) is 5.89 Å². The van der Waals surface area contributed by atoms with E-state index in [1.807, 2.05) is 13.8 Å². The van der Waals surface area contributed by atoms with Crippen LogP contribution in [0.4, 0.5) is 4.39 Å². The topological polar surface area (TPSA) is 85.5 Å². The molecule has 0 saturated heterocycles. The van der Waals surface area contributed by atoms with E-state index >= 15 is 0 Å². The fourth-order valence-electron chi connectivity index (χ4n) is 1.73. The molecule has 7 heteroatoms. The van der Waals surface area contributed by atoms with Crippen molar-refractivity contribution in [3.8, 4) is 5.75 Å². The summed E-state index contributed by atoms with van der Waals surface area (Å²) in [7, 11) is 0. The summed E-state index contributed by atoms with van der Waals surface area (Å²) in [4.78, 5) is 15.1. The van der Waals surface area contributed by atoms with Crippen LogP contribution in [0, 0.1) is 11.7 Å². The van der Waals surface area contributed by atoms with Gasteiger partial charge in [0.05, 0.1) is 0 Å². The number of rotatable bonds is 6. The van der Waals surface area contributed by atoms with Crippen molar-refractivity contribution in [2.24, 2.45) is 5.92 Å². The smallest absolute Gasteiger partial charge is 0.339 e. The highest BCUT2D eigenvalue weighted by molar-refractivity contribution is 5.90. The van der Waals surface area contributed by atoms with Crippen molar-refractivity contribution in [1.82, 2.24) is 10.1 Å². The van der Waals surface area contributed by atoms with E-state index in [4.69, 9.17) is 14.4 Å². The number of aromatic nitrogens is 2. The van der Waals surface area contributed by atoms with E-state index in [1.165, 1.54) is 0 Å². The Kier molecular flexibility index (Phi) is 4.52. The van der Waals surface area contributed by atoms with Gasteiger partial charge in [-0.15, -0.1) is 0 Å². The number of carboxylic acids is 1. The van der Waals surface area contributed by atoms with Crippen molar-refractivity contribution in [3.63, 3.8) is 0 Å². The van der Waals surface area contributed by atoms with Crippen molar-refractivity contribution >= 4 is 5.97 Å². The Labute approximate surface area is 120 Å². The molecule has 1 aromatic heterocycles. The molecule has 0 amide bonds. The fourth-order valence-corrected chi connectivity index (χ4v) is 1.73. The number of carbonyl (C=O) groups is 1. The van der Waals surface area contributed by atoms with E-state index in [0.717, 1.165) is 18.2 Å². The molecule has 0 saturated carbocycles. The molecule has 1 heterocycles. The number of aromatic carboxylic acids is 1. The number of carboxylic acid groups (broad SMARTS) is 1. The van der Waals surface area contributed by atoms with E-state index < -0.39 is 11.8 Å². The summed E-state index contributed by atoms with van der Waals surface area (Å²) in [6.07, 6.45) is 0.670. The zero-order valence-electron chi connectivity index (χ0n) is 11.7. The van der Waals surface area contributed by atoms with Crippen LogP contribution in [0.25, 0.3) is 0 Å². The van der Waals surface area contributed by atoms with Crippen LogP contribution in [-0.2, 0) is 13.0 Å². The molecule has 0 spiro atoms. The number of halogens is 1. The van der Waals surface area contributed by atoms with E-state index in [9.17, 15) is 9.18 Å². The van der Waals surface area contributed by atoms with Crippen molar-refractivity contribution < 1.29 is 23.6 Å². The predicted octanol–water partition coefficient (Wildman–Crippen LogP) is 2.68. The highest BCUT2D eigenvalue weighted by Gasteiger charge is 2.14. The average molecular weight is 294 g/mol. The molecule has 1 aromatic carbocycles. The third-order valence-corrected chi connectivity index (χ3v) is 2.63. The highest BCUT2D eigenvalue weighted by Crippen LogP contribution is 2.21. The van der Waals surface area contributed by atoms with Crippen LogP contribution in [0.2, 0.25) is 0 Å². The molecule has 0 bridgehead atoms. The van der Waals surface area contributed by atoms with Crippen LogP contribution in [-0.4, -0.2) is 21.2 Å². The average Bonchev–Trinajstić information content (AvgIpc) is 2.82. The molecule has 0 fully saturated rings. The standard InChI is InChI=1S/C14H15FN2O4/c1-8(2)5-12-16-13(21-17-12)7-20-11-6-9(15)3-4-10(11)14(18)19/h3-4,6,8H,5,7H2,1-2H3,(H,18,19). The fraction of sp³-hybridized carbons (Fsp3) is 0.357. The van der Waals surface area contributed by atoms with Gasteiger partial charge in [-0.2, -0.15) is 4.98 Å². The first-order chi connectivity index (χ1) is 9.95. The maximum atomic E-state index is 13.2. The van der Waals surface area contributed by atoms with E-state index in [-0.39, 0.29) is 23.8 Å². The lowest BCUT2D eigenvalue weighted by atomic mass is 10.1. The summed E-state index contributed by atoms with van der Waals surface area (Å²) in [6, 6.07) is 3.21. The lowest BCUT2D eigenvalue weighted by Crippen LogP contribution is -2.04. The summed E-state index contributed by atoms with van der Waals surface area (Å²) in [6.45, 7) is 3.94. The molecule has 21 heavy (non-hydrogen) atoms. The van der Waals surface area contributed by atoms with Crippen LogP contribution < -0.4 is 4.74 Å². The van der Waals surface area contributed by atoms with Crippen LogP contribution in [0.5, 0.6) is 5.75 Å². The number of ether oxygens (including phenoxy) is 1. The normalized spacial score (nSPS) is 10.9. The van der Waals surface area contributed by atoms with Gasteiger partial charge in [0.15, 0.2) is 12.4 Å². The molecule has 112 valence electrons. The molecule has 2 aromatic rings. The summed E-state index contributed by atoms with van der Waals surface area (Å²) in [5, 5.41) is 12.8. The van der Waals surface area contributed by atoms with Crippen molar-refractivity contribution in [3.05, 3.63) is 41.3 Å². The minimum Gasteiger partial charge on any atom is -0.483 e. The molecule has 0 aliphatic heterocycles. The molecule has 1 N–H and O–H groups in total. The Morgan fingerprint density at radius 1 is 1.48 bits per heavy atom. The molecule has 0 aliphatic rings. The summed E-state index contributed by atoms with van der Waals surface area (Å²) in [5.41, 5.74) is -0.127. The molecule has 0 unspecified atom stereocenters. The van der Waals surface area contributed by atoms with Crippen LogP contribution >= 0.6 is 0 Å². The molecule has 0 radical (unpaired) electrons. The second kappa shape index (κ2) is 6.34. The van der Waals surface area contributed by atoms with Gasteiger partial charge in [-0.3, -0.25) is 0 Å². The van der Waals surface area contributed by atoms with E-state index in [0.29, 0.717) is 18.2 Å². The Balaban J connectivity index is 2.07. The molecule has 2 rings (SSSR count). The minimum absolute atomic E-state index is 0.0777. The third-order valence-electron chi connectivity index (χ3n) is 2.63. The second-order valence-corrected chi connectivity index (χ2v) is 4.94. The van der Waals surface area contributed by atoms with Crippen molar-refractivity contribution in [1.29, 1.82) is 0 Å². The van der Waals surface area contributed by atoms with Gasteiger partial charge in [-0.05, 0) is 18.1 Å². The largest absolute Gasteiger partial charge is 0.483 e. The first-order valence-electron chi connectivity index (χ1n) is 6.43. The van der Waals surface area contributed by atoms with E-state index in [2.05, 4.69) is 10.1 Å². The van der Waals surface area contributed by atoms with Crippen molar-refractivity contribution in [2.45, 2.75) is 26.9 Å². The molecule has 0 atom stereocenters. The van der Waals surface area contributed by atoms with Gasteiger partial charge >= 0.3 is 5.97 Å². The Morgan fingerprint density at radius 3 is 2.90 bits per heavy atom. The first-order valence-corrected chi connectivity index (χ1v) is 6.43. The Bertz CT molecular complexity index is 640. The van der Waals surface area contributed by atoms with Crippen LogP contribution in [0.1, 0.15) is 35.9 Å². The quantitative estimate of drug-likeness (QED) is 0.881. The van der Waals surface area contributed by atoms with Gasteiger partial charge in [0.1, 0.15) is 17.1 Å². The number of hydrogen-bond donors (Lipinski definition) is 1. The zero-order chi connectivity index (χ0) is 15.4. The minimum atomic E-state index is -1.20. The summed E-state index contributed by atoms with van der Waals surface area (Å²) < 4.78 is 23.4. The van der Waals surface area contributed by atoms with Crippen LogP contribution in [0.15, 0.2) is 22.7 Å². The summed E-state index contributed by atoms with van der Waals surface area (Å²) in [5.74, 6) is -0.700. The second-order valence-electron chi connectivity index (χ2n) is 4.94. The number of nitrogens with zero attached hydrogens (tertiary/aromatic N) is 2. The van der Waals surface area contributed by atoms with Gasteiger partial charge in [0, 0.05) is 12.5 Å². The van der Waals surface area contributed by atoms with E-state index in [1.54, 1.807) is 0 Å². The van der Waals surface area contributed by atoms with Crippen molar-refractivity contribution in [2.75, 3.05) is 0 Å². The Hall–Kier alpha value is -2.44. The summed E-state index contributed by atoms with van der Waals surface area (Å²) >= 11 is 0. The zero-order valence-corrected chi connectivity index (χ0v) is 11.7. The van der Waals surface area contributed by atoms with Gasteiger partial charge in [0.2, 0.25) is 0 Å². The lowest BCUT2D eigenvalue weighted by molar-refractivity contribution is 0.0691. The lowest BCUT2D eigenvalue weighted by Gasteiger charge is -2.06. The Morgan fingerprint density at radius 2 is 2.24 bits per heavy atom. The molecule has 6 nitrogen and oxygen atoms in total. The van der Waals surface area contributed by atoms with Crippen LogP contribution in [0.3, 0.4) is 0 Å². The number of benzene rings is 1. The third kappa shape index (κ3) is 4.01. The van der Waals surface area contributed by atoms with Gasteiger partial charge in [-0.1, -0.05) is 19.0 Å². The molecular formula is C14H15FN2O4. The van der Waals surface area contributed by atoms with Gasteiger partial charge < -0.3 is 14.4 Å². The number of hydrogen-bond acceptors (Lipinski definition) is 5. The maximum Gasteiger partial charge on any atom is 0.339 e. The SMILES string of the molecule is CC(C)Cc1noc(COc2cc(F)ccc2C(=O)O)n1. The first kappa shape index (κ1) is 15.0.